The summed E-state index contributed by atoms with van der Waals surface area (Å²) in [7, 11) is 0. The Morgan fingerprint density at radius 1 is 1.22 bits per heavy atom. The van der Waals surface area contributed by atoms with Gasteiger partial charge in [-0.15, -0.1) is 0 Å². The first-order valence-corrected chi connectivity index (χ1v) is 2.26. The van der Waals surface area contributed by atoms with Crippen LogP contribution in [0.2, 0.25) is 0 Å². The van der Waals surface area contributed by atoms with Gasteiger partial charge in [0.1, 0.15) is 0 Å². The maximum atomic E-state index is 10.2. The monoisotopic (exact) mass is 133 g/mol. The van der Waals surface area contributed by atoms with Crippen LogP contribution in [0, 0.1) is 0 Å². The van der Waals surface area contributed by atoms with Crippen molar-refractivity contribution < 1.29 is 20.3 Å². The third kappa shape index (κ3) is 1.24. The minimum atomic E-state index is -0.505. The predicted octanol–water partition coefficient (Wildman–Crippen LogP) is -1.30. The molecule has 0 aromatic carbocycles. The second-order valence-electron chi connectivity index (χ2n) is 1.60. The maximum Gasteiger partial charge on any atom is 0.253 e. The van der Waals surface area contributed by atoms with E-state index in [1.807, 2.05) is 0 Å². The molecule has 52 valence electrons. The smallest absolute Gasteiger partial charge is 0.253 e. The second kappa shape index (κ2) is 2.56. The summed E-state index contributed by atoms with van der Waals surface area (Å²) < 4.78 is 0. The first kappa shape index (κ1) is 8.06. The molecule has 9 heavy (non-hydrogen) atoms. The molecule has 0 spiro atoms. The lowest BCUT2D eigenvalue weighted by Gasteiger charge is -1.98. The normalized spacial score (nSPS) is 18.1. The molecule has 0 aromatic rings. The molecule has 1 rings (SSSR count). The van der Waals surface area contributed by atoms with E-state index in [9.17, 15) is 9.59 Å². The van der Waals surface area contributed by atoms with Gasteiger partial charge in [0.25, 0.3) is 11.8 Å². The van der Waals surface area contributed by atoms with Gasteiger partial charge in [-0.2, -0.15) is 5.06 Å². The molecule has 0 atom stereocenters. The molecule has 2 amide bonds. The average molecular weight is 133 g/mol. The van der Waals surface area contributed by atoms with E-state index in [-0.39, 0.29) is 23.4 Å². The van der Waals surface area contributed by atoms with Crippen molar-refractivity contribution in [3.8, 4) is 0 Å². The summed E-state index contributed by atoms with van der Waals surface area (Å²) in [6.07, 6.45) is 0.296. The van der Waals surface area contributed by atoms with Gasteiger partial charge in [-0.05, 0) is 0 Å². The summed E-state index contributed by atoms with van der Waals surface area (Å²) in [6, 6.07) is 0. The zero-order chi connectivity index (χ0) is 6.15. The number of nitrogens with zero attached hydrogens (tertiary/aromatic N) is 1. The van der Waals surface area contributed by atoms with Gasteiger partial charge < -0.3 is 5.48 Å². The van der Waals surface area contributed by atoms with Gasteiger partial charge in [-0.25, -0.2) is 0 Å². The lowest BCUT2D eigenvalue weighted by Crippen LogP contribution is -2.24. The third-order valence-electron chi connectivity index (χ3n) is 1.03. The van der Waals surface area contributed by atoms with E-state index in [0.717, 1.165) is 0 Å². The van der Waals surface area contributed by atoms with E-state index in [4.69, 9.17) is 5.21 Å². The summed E-state index contributed by atoms with van der Waals surface area (Å²) in [6.45, 7) is 0. The van der Waals surface area contributed by atoms with Crippen LogP contribution in [0.25, 0.3) is 0 Å². The highest BCUT2D eigenvalue weighted by Crippen LogP contribution is 2.06. The van der Waals surface area contributed by atoms with Crippen molar-refractivity contribution in [2.75, 3.05) is 0 Å². The van der Waals surface area contributed by atoms with Crippen molar-refractivity contribution in [3.63, 3.8) is 0 Å². The molecule has 1 aliphatic heterocycles. The highest BCUT2D eigenvalue weighted by Gasteiger charge is 2.26. The molecule has 0 bridgehead atoms. The van der Waals surface area contributed by atoms with E-state index in [1.165, 1.54) is 0 Å². The lowest BCUT2D eigenvalue weighted by atomic mass is 10.4. The molecule has 0 aromatic heterocycles. The van der Waals surface area contributed by atoms with Gasteiger partial charge in [-0.3, -0.25) is 14.8 Å². The van der Waals surface area contributed by atoms with Crippen molar-refractivity contribution in [2.24, 2.45) is 0 Å². The Balaban J connectivity index is 0.000000640. The third-order valence-corrected chi connectivity index (χ3v) is 1.03. The fourth-order valence-electron chi connectivity index (χ4n) is 0.565. The molecule has 5 heteroatoms. The SMILES string of the molecule is O.O=C1CCC(=O)N1O. The number of imide groups is 1. The zero-order valence-electron chi connectivity index (χ0n) is 4.63. The molecule has 0 radical (unpaired) electrons. The zero-order valence-corrected chi connectivity index (χ0v) is 4.63. The molecule has 1 saturated heterocycles. The van der Waals surface area contributed by atoms with Crippen molar-refractivity contribution in [1.82, 2.24) is 5.06 Å². The molecule has 0 unspecified atom stereocenters. The topological polar surface area (TPSA) is 89.1 Å². The average Bonchev–Trinajstić information content (AvgIpc) is 1.98. The van der Waals surface area contributed by atoms with Gasteiger partial charge in [0.15, 0.2) is 0 Å². The molecule has 1 fully saturated rings. The minimum Gasteiger partial charge on any atom is -0.412 e. The first-order valence-electron chi connectivity index (χ1n) is 2.26. The summed E-state index contributed by atoms with van der Waals surface area (Å²) in [5.74, 6) is -1.01. The van der Waals surface area contributed by atoms with Gasteiger partial charge in [0.2, 0.25) is 0 Å². The number of carbonyl (C=O) groups excluding carboxylic acids is 2. The predicted molar refractivity (Wildman–Crippen MR) is 26.5 cm³/mol. The highest BCUT2D eigenvalue weighted by molar-refractivity contribution is 6.00. The van der Waals surface area contributed by atoms with Crippen molar-refractivity contribution in [1.29, 1.82) is 0 Å². The quantitative estimate of drug-likeness (QED) is 0.329. The molecule has 5 nitrogen and oxygen atoms in total. The molecule has 1 heterocycles. The molecule has 0 saturated carbocycles. The Morgan fingerprint density at radius 2 is 1.56 bits per heavy atom. The van der Waals surface area contributed by atoms with E-state index < -0.39 is 11.8 Å². The number of hydroxylamine groups is 2. The molecule has 1 aliphatic rings. The molecular weight excluding hydrogens is 126 g/mol. The lowest BCUT2D eigenvalue weighted by molar-refractivity contribution is -0.171. The van der Waals surface area contributed by atoms with E-state index in [2.05, 4.69) is 0 Å². The van der Waals surface area contributed by atoms with Crippen LogP contribution in [0.5, 0.6) is 0 Å². The van der Waals surface area contributed by atoms with Crippen LogP contribution in [-0.2, 0) is 9.59 Å². The summed E-state index contributed by atoms with van der Waals surface area (Å²) >= 11 is 0. The van der Waals surface area contributed by atoms with Gasteiger partial charge in [-0.1, -0.05) is 0 Å². The summed E-state index contributed by atoms with van der Waals surface area (Å²) in [5.41, 5.74) is 0. The van der Waals surface area contributed by atoms with E-state index in [0.29, 0.717) is 0 Å². The maximum absolute atomic E-state index is 10.2. The van der Waals surface area contributed by atoms with Crippen molar-refractivity contribution in [3.05, 3.63) is 0 Å². The number of amides is 2. The second-order valence-corrected chi connectivity index (χ2v) is 1.60. The number of hydrogen-bond acceptors (Lipinski definition) is 3. The molecular formula is C4H7NO4. The fraction of sp³-hybridized carbons (Fsp3) is 0.500. The Morgan fingerprint density at radius 3 is 1.67 bits per heavy atom. The summed E-state index contributed by atoms with van der Waals surface area (Å²) in [4.78, 5) is 20.5. The Hall–Kier alpha value is -0.940. The minimum absolute atomic E-state index is 0. The Labute approximate surface area is 51.1 Å². The van der Waals surface area contributed by atoms with Crippen LogP contribution in [0.3, 0.4) is 0 Å². The van der Waals surface area contributed by atoms with Crippen molar-refractivity contribution >= 4 is 11.8 Å². The van der Waals surface area contributed by atoms with E-state index in [1.54, 1.807) is 0 Å². The molecule has 3 N–H and O–H groups in total. The molecule has 0 aliphatic carbocycles. The van der Waals surface area contributed by atoms with Crippen LogP contribution >= 0.6 is 0 Å². The van der Waals surface area contributed by atoms with Gasteiger partial charge in [0.05, 0.1) is 0 Å². The van der Waals surface area contributed by atoms with E-state index >= 15 is 0 Å². The first-order chi connectivity index (χ1) is 3.72. The van der Waals surface area contributed by atoms with Crippen LogP contribution in [0.15, 0.2) is 0 Å². The van der Waals surface area contributed by atoms with Crippen LogP contribution < -0.4 is 0 Å². The number of rotatable bonds is 0. The van der Waals surface area contributed by atoms with Crippen LogP contribution in [-0.4, -0.2) is 27.6 Å². The standard InChI is InChI=1S/C4H5NO3.H2O/c6-3-1-2-4(7)5(3)8;/h8H,1-2H2;1H2. The number of hydrogen-bond donors (Lipinski definition) is 1. The largest absolute Gasteiger partial charge is 0.412 e. The van der Waals surface area contributed by atoms with Gasteiger partial charge >= 0.3 is 0 Å². The number of carbonyl (C=O) groups is 2. The fourth-order valence-corrected chi connectivity index (χ4v) is 0.565. The highest BCUT2D eigenvalue weighted by atomic mass is 16.5. The Kier molecular flexibility index (Phi) is 2.29. The van der Waals surface area contributed by atoms with Gasteiger partial charge in [0, 0.05) is 12.8 Å². The Bertz CT molecular complexity index is 128. The van der Waals surface area contributed by atoms with Crippen molar-refractivity contribution in [2.45, 2.75) is 12.8 Å². The summed E-state index contributed by atoms with van der Waals surface area (Å²) in [5, 5.41) is 8.57. The van der Waals surface area contributed by atoms with Crippen LogP contribution in [0.1, 0.15) is 12.8 Å². The van der Waals surface area contributed by atoms with Crippen LogP contribution in [0.4, 0.5) is 0 Å².